The lowest BCUT2D eigenvalue weighted by Gasteiger charge is -2.40. The Morgan fingerprint density at radius 1 is 1.27 bits per heavy atom. The van der Waals surface area contributed by atoms with Crippen LogP contribution in [0.15, 0.2) is 18.3 Å². The van der Waals surface area contributed by atoms with Gasteiger partial charge in [0, 0.05) is 68.9 Å². The zero-order valence-electron chi connectivity index (χ0n) is 17.2. The smallest absolute Gasteiger partial charge is 0.266 e. The number of hydrogen-bond donors (Lipinski definition) is 2. The van der Waals surface area contributed by atoms with Crippen molar-refractivity contribution in [3.8, 4) is 0 Å². The highest BCUT2D eigenvalue weighted by molar-refractivity contribution is 7.91. The second kappa shape index (κ2) is 9.51. The summed E-state index contributed by atoms with van der Waals surface area (Å²) in [6.07, 6.45) is 4.04. The number of hydroxylamine groups is 1. The summed E-state index contributed by atoms with van der Waals surface area (Å²) in [5, 5.41) is 9.14. The van der Waals surface area contributed by atoms with Crippen LogP contribution in [-0.2, 0) is 19.6 Å². The highest BCUT2D eigenvalue weighted by Crippen LogP contribution is 2.36. The molecule has 0 aliphatic carbocycles. The summed E-state index contributed by atoms with van der Waals surface area (Å²) in [5.74, 6) is -0.743. The number of amides is 1. The Labute approximate surface area is 176 Å². The first-order valence-electron chi connectivity index (χ1n) is 10.4. The number of hydrogen-bond acceptors (Lipinski definition) is 7. The lowest BCUT2D eigenvalue weighted by atomic mass is 9.93. The van der Waals surface area contributed by atoms with Crippen molar-refractivity contribution in [3.05, 3.63) is 29.6 Å². The van der Waals surface area contributed by atoms with Crippen molar-refractivity contribution < 1.29 is 28.0 Å². The number of aromatic nitrogens is 1. The van der Waals surface area contributed by atoms with Crippen LogP contribution in [-0.4, -0.2) is 65.7 Å². The Kier molecular flexibility index (Phi) is 7.22. The van der Waals surface area contributed by atoms with Crippen LogP contribution in [0.25, 0.3) is 0 Å². The Balaban J connectivity index is 1.69. The zero-order chi connectivity index (χ0) is 21.8. The van der Waals surface area contributed by atoms with E-state index in [1.807, 2.05) is 13.0 Å². The first-order valence-corrected chi connectivity index (χ1v) is 11.8. The van der Waals surface area contributed by atoms with E-state index in [1.54, 1.807) is 17.7 Å². The molecule has 30 heavy (non-hydrogen) atoms. The Hall–Kier alpha value is -1.88. The van der Waals surface area contributed by atoms with Gasteiger partial charge in [0.05, 0.1) is 0 Å². The molecule has 2 aliphatic rings. The van der Waals surface area contributed by atoms with E-state index in [-0.39, 0.29) is 50.8 Å². The average Bonchev–Trinajstić information content (AvgIpc) is 2.79. The van der Waals surface area contributed by atoms with E-state index in [4.69, 9.17) is 9.94 Å². The van der Waals surface area contributed by atoms with E-state index in [0.29, 0.717) is 24.8 Å². The zero-order valence-corrected chi connectivity index (χ0v) is 18.0. The van der Waals surface area contributed by atoms with Gasteiger partial charge in [-0.2, -0.15) is 0 Å². The Bertz CT molecular complexity index is 857. The van der Waals surface area contributed by atoms with E-state index in [9.17, 15) is 18.0 Å². The molecular weight excluding hydrogens is 410 g/mol. The molecule has 0 radical (unpaired) electrons. The molecule has 0 aromatic carbocycles. The summed E-state index contributed by atoms with van der Waals surface area (Å²) in [5.41, 5.74) is 2.98. The average molecular weight is 440 g/mol. The predicted octanol–water partition coefficient (Wildman–Crippen LogP) is 1.63. The van der Waals surface area contributed by atoms with Crippen molar-refractivity contribution in [2.45, 2.75) is 56.1 Å². The molecule has 1 aromatic heterocycles. The maximum Gasteiger partial charge on any atom is 0.266 e. The minimum absolute atomic E-state index is 0.0104. The van der Waals surface area contributed by atoms with Gasteiger partial charge in [-0.1, -0.05) is 6.92 Å². The molecule has 3 heterocycles. The van der Waals surface area contributed by atoms with Crippen LogP contribution in [0, 0.1) is 0 Å². The van der Waals surface area contributed by atoms with Gasteiger partial charge in [0.15, 0.2) is 10.5 Å². The highest BCUT2D eigenvalue weighted by Gasteiger charge is 2.54. The third-order valence-electron chi connectivity index (χ3n) is 6.11. The van der Waals surface area contributed by atoms with E-state index < -0.39 is 20.7 Å². The highest BCUT2D eigenvalue weighted by atomic mass is 32.2. The molecule has 0 spiro atoms. The second-order valence-corrected chi connectivity index (χ2v) is 10.1. The number of sulfonamides is 1. The van der Waals surface area contributed by atoms with Gasteiger partial charge in [0.2, 0.25) is 10.0 Å². The lowest BCUT2D eigenvalue weighted by Crippen LogP contribution is -2.60. The van der Waals surface area contributed by atoms with E-state index in [1.165, 1.54) is 4.31 Å². The number of ketones is 1. The standard InChI is InChI=1S/C20H29N3O6S/c1-2-3-18(24)16-4-5-17(21-14-16)15-6-10-23(11-7-15)30(27,28)20(19(25)22-26)8-12-29-13-9-20/h4-5,14-15,26H,2-3,6-13H2,1H3,(H,22,25). The van der Waals surface area contributed by atoms with Gasteiger partial charge >= 0.3 is 0 Å². The maximum atomic E-state index is 13.3. The fourth-order valence-electron chi connectivity index (χ4n) is 4.23. The molecule has 9 nitrogen and oxygen atoms in total. The van der Waals surface area contributed by atoms with Crippen LogP contribution < -0.4 is 5.48 Å². The molecule has 2 saturated heterocycles. The van der Waals surface area contributed by atoms with Crippen molar-refractivity contribution in [2.24, 2.45) is 0 Å². The number of Topliss-reactive ketones (excluding diaryl/α,β-unsaturated/α-hetero) is 1. The van der Waals surface area contributed by atoms with Gasteiger partial charge in [0.1, 0.15) is 0 Å². The summed E-state index contributed by atoms with van der Waals surface area (Å²) >= 11 is 0. The van der Waals surface area contributed by atoms with Gasteiger partial charge in [-0.25, -0.2) is 18.2 Å². The molecule has 2 N–H and O–H groups in total. The van der Waals surface area contributed by atoms with Crippen LogP contribution in [0.1, 0.15) is 67.4 Å². The van der Waals surface area contributed by atoms with E-state index >= 15 is 0 Å². The van der Waals surface area contributed by atoms with Crippen LogP contribution in [0.2, 0.25) is 0 Å². The minimum Gasteiger partial charge on any atom is -0.381 e. The van der Waals surface area contributed by atoms with Gasteiger partial charge < -0.3 is 4.74 Å². The molecule has 0 saturated carbocycles. The van der Waals surface area contributed by atoms with Gasteiger partial charge in [-0.05, 0) is 31.4 Å². The molecular formula is C20H29N3O6S. The van der Waals surface area contributed by atoms with Crippen molar-refractivity contribution in [1.82, 2.24) is 14.8 Å². The molecule has 0 bridgehead atoms. The summed E-state index contributed by atoms with van der Waals surface area (Å²) in [6, 6.07) is 3.63. The van der Waals surface area contributed by atoms with Crippen molar-refractivity contribution >= 4 is 21.7 Å². The normalized spacial score (nSPS) is 20.6. The van der Waals surface area contributed by atoms with Crippen LogP contribution in [0.3, 0.4) is 0 Å². The number of nitrogens with one attached hydrogen (secondary N) is 1. The summed E-state index contributed by atoms with van der Waals surface area (Å²) in [7, 11) is -3.97. The molecule has 0 unspecified atom stereocenters. The molecule has 3 rings (SSSR count). The van der Waals surface area contributed by atoms with E-state index in [2.05, 4.69) is 4.98 Å². The number of rotatable bonds is 7. The first kappa shape index (κ1) is 22.8. The van der Waals surface area contributed by atoms with Crippen LogP contribution >= 0.6 is 0 Å². The van der Waals surface area contributed by atoms with Crippen molar-refractivity contribution in [1.29, 1.82) is 0 Å². The van der Waals surface area contributed by atoms with Gasteiger partial charge in [0.25, 0.3) is 5.91 Å². The number of carbonyl (C=O) groups is 2. The van der Waals surface area contributed by atoms with Gasteiger partial charge in [-0.3, -0.25) is 19.8 Å². The minimum atomic E-state index is -3.97. The third-order valence-corrected chi connectivity index (χ3v) is 8.73. The molecule has 1 aromatic rings. The number of carbonyl (C=O) groups excluding carboxylic acids is 2. The Morgan fingerprint density at radius 2 is 1.93 bits per heavy atom. The Morgan fingerprint density at radius 3 is 2.47 bits per heavy atom. The number of ether oxygens (including phenoxy) is 1. The summed E-state index contributed by atoms with van der Waals surface area (Å²) in [6.45, 7) is 2.79. The predicted molar refractivity (Wildman–Crippen MR) is 109 cm³/mol. The molecule has 0 atom stereocenters. The maximum absolute atomic E-state index is 13.3. The van der Waals surface area contributed by atoms with Crippen LogP contribution in [0.5, 0.6) is 0 Å². The number of piperidine rings is 1. The third kappa shape index (κ3) is 4.27. The number of nitrogens with zero attached hydrogens (tertiary/aromatic N) is 2. The fourth-order valence-corrected chi connectivity index (χ4v) is 6.38. The molecule has 1 amide bonds. The van der Waals surface area contributed by atoms with Crippen molar-refractivity contribution in [2.75, 3.05) is 26.3 Å². The van der Waals surface area contributed by atoms with Gasteiger partial charge in [-0.15, -0.1) is 0 Å². The van der Waals surface area contributed by atoms with Crippen molar-refractivity contribution in [3.63, 3.8) is 0 Å². The van der Waals surface area contributed by atoms with Crippen LogP contribution in [0.4, 0.5) is 0 Å². The summed E-state index contributed by atoms with van der Waals surface area (Å²) < 4.78 is 31.6. The summed E-state index contributed by atoms with van der Waals surface area (Å²) in [4.78, 5) is 28.7. The fraction of sp³-hybridized carbons (Fsp3) is 0.650. The monoisotopic (exact) mass is 439 g/mol. The topological polar surface area (TPSA) is 126 Å². The molecule has 2 aliphatic heterocycles. The second-order valence-electron chi connectivity index (χ2n) is 7.87. The molecule has 10 heteroatoms. The largest absolute Gasteiger partial charge is 0.381 e. The quantitative estimate of drug-likeness (QED) is 0.376. The SMILES string of the molecule is CCCC(=O)c1ccc(C2CCN(S(=O)(=O)C3(C(=O)NO)CCOCC3)CC2)nc1. The molecule has 166 valence electrons. The molecule has 2 fully saturated rings. The lowest BCUT2D eigenvalue weighted by molar-refractivity contribution is -0.134. The first-order chi connectivity index (χ1) is 14.4. The van der Waals surface area contributed by atoms with E-state index in [0.717, 1.165) is 12.1 Å². The number of pyridine rings is 1.